The molecule has 6 N–H and O–H groups in total. The van der Waals surface area contributed by atoms with Crippen molar-refractivity contribution in [1.29, 1.82) is 5.41 Å². The maximum absolute atomic E-state index is 12.5. The molecule has 22 heavy (non-hydrogen) atoms. The molecular formula is C13H16N6O2S. The minimum atomic E-state index is -3.68. The van der Waals surface area contributed by atoms with E-state index >= 15 is 0 Å². The molecule has 0 bridgehead atoms. The number of nitrogens with one attached hydrogen (secondary N) is 2. The highest BCUT2D eigenvalue weighted by atomic mass is 32.2. The SMILES string of the molecule is CC(=NNC(=N)N)c1ccn(S(=O)(=O)c2ccc(N)cc2)c1. The van der Waals surface area contributed by atoms with Gasteiger partial charge >= 0.3 is 0 Å². The fourth-order valence-electron chi connectivity index (χ4n) is 1.71. The van der Waals surface area contributed by atoms with Gasteiger partial charge in [-0.15, -0.1) is 0 Å². The van der Waals surface area contributed by atoms with Crippen LogP contribution < -0.4 is 16.9 Å². The third-order valence-electron chi connectivity index (χ3n) is 2.88. The van der Waals surface area contributed by atoms with Crippen molar-refractivity contribution in [1.82, 2.24) is 9.40 Å². The number of aromatic nitrogens is 1. The largest absolute Gasteiger partial charge is 0.399 e. The molecule has 0 atom stereocenters. The number of anilines is 1. The lowest BCUT2D eigenvalue weighted by Gasteiger charge is -2.05. The molecule has 0 radical (unpaired) electrons. The Labute approximate surface area is 128 Å². The summed E-state index contributed by atoms with van der Waals surface area (Å²) < 4.78 is 26.0. The molecule has 116 valence electrons. The zero-order valence-electron chi connectivity index (χ0n) is 11.8. The van der Waals surface area contributed by atoms with Gasteiger partial charge in [-0.1, -0.05) is 0 Å². The van der Waals surface area contributed by atoms with E-state index < -0.39 is 10.0 Å². The molecule has 9 heteroatoms. The van der Waals surface area contributed by atoms with Crippen molar-refractivity contribution in [2.75, 3.05) is 5.73 Å². The number of nitrogens with two attached hydrogens (primary N) is 2. The number of rotatable bonds is 4. The molecule has 0 saturated carbocycles. The van der Waals surface area contributed by atoms with Gasteiger partial charge in [0.05, 0.1) is 10.6 Å². The van der Waals surface area contributed by atoms with E-state index in [1.54, 1.807) is 13.0 Å². The summed E-state index contributed by atoms with van der Waals surface area (Å²) in [6.45, 7) is 1.67. The third-order valence-corrected chi connectivity index (χ3v) is 4.53. The lowest BCUT2D eigenvalue weighted by atomic mass is 10.2. The van der Waals surface area contributed by atoms with Gasteiger partial charge in [0.1, 0.15) is 0 Å². The zero-order chi connectivity index (χ0) is 16.3. The molecule has 0 aliphatic carbocycles. The van der Waals surface area contributed by atoms with Crippen LogP contribution in [0.25, 0.3) is 0 Å². The van der Waals surface area contributed by atoms with Gasteiger partial charge in [-0.3, -0.25) is 5.41 Å². The predicted octanol–water partition coefficient (Wildman–Crippen LogP) is 0.514. The minimum absolute atomic E-state index is 0.139. The fraction of sp³-hybridized carbons (Fsp3) is 0.0769. The van der Waals surface area contributed by atoms with E-state index in [-0.39, 0.29) is 10.9 Å². The van der Waals surface area contributed by atoms with Crippen molar-refractivity contribution in [3.05, 3.63) is 48.3 Å². The first-order valence-corrected chi connectivity index (χ1v) is 7.68. The van der Waals surface area contributed by atoms with Crippen molar-refractivity contribution in [2.24, 2.45) is 10.8 Å². The Kier molecular flexibility index (Phi) is 4.18. The average Bonchev–Trinajstić information content (AvgIpc) is 2.95. The smallest absolute Gasteiger partial charge is 0.267 e. The van der Waals surface area contributed by atoms with Gasteiger partial charge in [0.2, 0.25) is 5.96 Å². The quantitative estimate of drug-likeness (QED) is 0.281. The number of hydrogen-bond donors (Lipinski definition) is 4. The van der Waals surface area contributed by atoms with Gasteiger partial charge < -0.3 is 11.5 Å². The van der Waals surface area contributed by atoms with Gasteiger partial charge in [-0.05, 0) is 37.3 Å². The molecule has 0 unspecified atom stereocenters. The van der Waals surface area contributed by atoms with Crippen LogP contribution in [0.3, 0.4) is 0 Å². The normalized spacial score (nSPS) is 12.1. The first kappa shape index (κ1) is 15.6. The van der Waals surface area contributed by atoms with Crippen molar-refractivity contribution in [3.63, 3.8) is 0 Å². The molecule has 1 heterocycles. The van der Waals surface area contributed by atoms with Gasteiger partial charge in [0, 0.05) is 23.6 Å². The van der Waals surface area contributed by atoms with E-state index in [9.17, 15) is 8.42 Å². The number of benzene rings is 1. The maximum Gasteiger partial charge on any atom is 0.267 e. The van der Waals surface area contributed by atoms with Gasteiger partial charge in [0.25, 0.3) is 10.0 Å². The summed E-state index contributed by atoms with van der Waals surface area (Å²) in [4.78, 5) is 0.139. The van der Waals surface area contributed by atoms with Crippen LogP contribution in [0.4, 0.5) is 5.69 Å². The Morgan fingerprint density at radius 3 is 2.50 bits per heavy atom. The summed E-state index contributed by atoms with van der Waals surface area (Å²) in [5, 5.41) is 10.9. The van der Waals surface area contributed by atoms with E-state index in [1.807, 2.05) is 0 Å². The molecular weight excluding hydrogens is 304 g/mol. The number of nitrogens with zero attached hydrogens (tertiary/aromatic N) is 2. The Balaban J connectivity index is 2.32. The average molecular weight is 320 g/mol. The van der Waals surface area contributed by atoms with Crippen LogP contribution in [0.5, 0.6) is 0 Å². The first-order chi connectivity index (χ1) is 10.3. The van der Waals surface area contributed by atoms with Crippen LogP contribution in [-0.4, -0.2) is 24.1 Å². The summed E-state index contributed by atoms with van der Waals surface area (Å²) in [5.41, 5.74) is 14.6. The van der Waals surface area contributed by atoms with Crippen LogP contribution in [0.15, 0.2) is 52.7 Å². The summed E-state index contributed by atoms with van der Waals surface area (Å²) in [6.07, 6.45) is 2.86. The monoisotopic (exact) mass is 320 g/mol. The summed E-state index contributed by atoms with van der Waals surface area (Å²) >= 11 is 0. The molecule has 0 aliphatic rings. The first-order valence-electron chi connectivity index (χ1n) is 6.24. The molecule has 2 aromatic rings. The second-order valence-corrected chi connectivity index (χ2v) is 6.37. The second-order valence-electron chi connectivity index (χ2n) is 4.53. The van der Waals surface area contributed by atoms with Crippen molar-refractivity contribution in [3.8, 4) is 0 Å². The van der Waals surface area contributed by atoms with Crippen LogP contribution in [-0.2, 0) is 10.0 Å². The lowest BCUT2D eigenvalue weighted by Crippen LogP contribution is -2.26. The van der Waals surface area contributed by atoms with Crippen LogP contribution >= 0.6 is 0 Å². The number of nitrogen functional groups attached to an aromatic ring is 1. The molecule has 1 aromatic heterocycles. The van der Waals surface area contributed by atoms with E-state index in [4.69, 9.17) is 16.9 Å². The van der Waals surface area contributed by atoms with E-state index in [0.29, 0.717) is 17.0 Å². The molecule has 0 fully saturated rings. The summed E-state index contributed by atoms with van der Waals surface area (Å²) in [7, 11) is -3.68. The van der Waals surface area contributed by atoms with Gasteiger partial charge in [0.15, 0.2) is 0 Å². The molecule has 0 spiro atoms. The lowest BCUT2D eigenvalue weighted by molar-refractivity contribution is 0.587. The van der Waals surface area contributed by atoms with Gasteiger partial charge in [-0.2, -0.15) is 5.10 Å². The van der Waals surface area contributed by atoms with Crippen molar-refractivity contribution in [2.45, 2.75) is 11.8 Å². The highest BCUT2D eigenvalue weighted by molar-refractivity contribution is 7.90. The highest BCUT2D eigenvalue weighted by Crippen LogP contribution is 2.17. The minimum Gasteiger partial charge on any atom is -0.399 e. The Bertz CT molecular complexity index is 820. The molecule has 2 rings (SSSR count). The molecule has 0 amide bonds. The summed E-state index contributed by atoms with van der Waals surface area (Å²) in [6, 6.07) is 7.56. The Hall–Kier alpha value is -2.81. The number of hydrogen-bond acceptors (Lipinski definition) is 5. The second kappa shape index (κ2) is 5.90. The summed E-state index contributed by atoms with van der Waals surface area (Å²) in [5.74, 6) is -0.298. The zero-order valence-corrected chi connectivity index (χ0v) is 12.6. The Morgan fingerprint density at radius 1 is 1.27 bits per heavy atom. The topological polar surface area (TPSA) is 139 Å². The van der Waals surface area contributed by atoms with Crippen LogP contribution in [0.1, 0.15) is 12.5 Å². The van der Waals surface area contributed by atoms with E-state index in [1.165, 1.54) is 36.7 Å². The van der Waals surface area contributed by atoms with Crippen molar-refractivity contribution < 1.29 is 8.42 Å². The standard InChI is InChI=1S/C13H16N6O2S/c1-9(17-18-13(15)16)10-6-7-19(8-10)22(20,21)12-4-2-11(14)3-5-12/h2-8H,14H2,1H3,(H4,15,16,18). The number of guanidine groups is 1. The molecule has 8 nitrogen and oxygen atoms in total. The van der Waals surface area contributed by atoms with E-state index in [0.717, 1.165) is 3.97 Å². The van der Waals surface area contributed by atoms with Gasteiger partial charge in [-0.25, -0.2) is 17.8 Å². The highest BCUT2D eigenvalue weighted by Gasteiger charge is 2.17. The van der Waals surface area contributed by atoms with Crippen molar-refractivity contribution >= 4 is 27.4 Å². The van der Waals surface area contributed by atoms with Crippen LogP contribution in [0, 0.1) is 5.41 Å². The molecule has 0 saturated heterocycles. The van der Waals surface area contributed by atoms with E-state index in [2.05, 4.69) is 10.5 Å². The molecule has 0 aliphatic heterocycles. The fourth-order valence-corrected chi connectivity index (χ4v) is 2.91. The van der Waals surface area contributed by atoms with Crippen LogP contribution in [0.2, 0.25) is 0 Å². The third kappa shape index (κ3) is 3.26. The Morgan fingerprint density at radius 2 is 1.91 bits per heavy atom. The maximum atomic E-state index is 12.5. The number of hydrazone groups is 1. The molecule has 1 aromatic carbocycles. The predicted molar refractivity (Wildman–Crippen MR) is 85.1 cm³/mol.